The molecule has 2 aromatic rings. The van der Waals surface area contributed by atoms with Gasteiger partial charge in [-0.05, 0) is 36.8 Å². The van der Waals surface area contributed by atoms with Crippen LogP contribution in [0.3, 0.4) is 0 Å². The molecule has 30 heavy (non-hydrogen) atoms. The van der Waals surface area contributed by atoms with Crippen LogP contribution in [-0.2, 0) is 11.2 Å². The summed E-state index contributed by atoms with van der Waals surface area (Å²) >= 11 is 1.26. The number of ketones is 1. The number of amides is 3. The summed E-state index contributed by atoms with van der Waals surface area (Å²) in [4.78, 5) is 44.6. The van der Waals surface area contributed by atoms with Gasteiger partial charge < -0.3 is 15.5 Å². The Morgan fingerprint density at radius 2 is 1.93 bits per heavy atom. The summed E-state index contributed by atoms with van der Waals surface area (Å²) in [6.45, 7) is 5.10. The summed E-state index contributed by atoms with van der Waals surface area (Å²) in [5, 5.41) is 6.23. The van der Waals surface area contributed by atoms with Crippen LogP contribution in [0.2, 0.25) is 0 Å². The van der Waals surface area contributed by atoms with Gasteiger partial charge in [0, 0.05) is 25.2 Å². The summed E-state index contributed by atoms with van der Waals surface area (Å²) in [5.41, 5.74) is 1.41. The van der Waals surface area contributed by atoms with E-state index in [0.29, 0.717) is 29.5 Å². The molecule has 4 rings (SSSR count). The minimum absolute atomic E-state index is 0.0978. The zero-order valence-corrected chi connectivity index (χ0v) is 18.1. The highest BCUT2D eigenvalue weighted by Crippen LogP contribution is 2.38. The molecule has 1 atom stereocenters. The largest absolute Gasteiger partial charge is 0.324 e. The molecule has 3 amide bonds. The van der Waals surface area contributed by atoms with Crippen LogP contribution in [0.1, 0.15) is 48.5 Å². The summed E-state index contributed by atoms with van der Waals surface area (Å²) in [6.07, 6.45) is 2.72. The Morgan fingerprint density at radius 3 is 2.70 bits per heavy atom. The van der Waals surface area contributed by atoms with Gasteiger partial charge in [0.2, 0.25) is 5.91 Å². The average Bonchev–Trinajstić information content (AvgIpc) is 3.10. The highest BCUT2D eigenvalue weighted by Gasteiger charge is 2.35. The summed E-state index contributed by atoms with van der Waals surface area (Å²) in [7, 11) is 0. The SMILES string of the molecule is CC1(C)CC(=O)c2sc(NC(=O)[C@H]3CCCN(C(=O)Nc4ccccc4)C3)nc2C1. The maximum absolute atomic E-state index is 12.8. The third-order valence-corrected chi connectivity index (χ3v) is 6.62. The van der Waals surface area contributed by atoms with Crippen molar-refractivity contribution in [3.63, 3.8) is 0 Å². The lowest BCUT2D eigenvalue weighted by Gasteiger charge is -2.31. The number of para-hydroxylation sites is 1. The number of carbonyl (C=O) groups excluding carboxylic acids is 3. The van der Waals surface area contributed by atoms with Crippen LogP contribution in [0.15, 0.2) is 30.3 Å². The molecule has 2 aliphatic rings. The van der Waals surface area contributed by atoms with Gasteiger partial charge >= 0.3 is 6.03 Å². The highest BCUT2D eigenvalue weighted by molar-refractivity contribution is 7.17. The minimum atomic E-state index is -0.298. The number of fused-ring (bicyclic) bond motifs is 1. The van der Waals surface area contributed by atoms with E-state index in [1.165, 1.54) is 11.3 Å². The maximum atomic E-state index is 12.8. The number of Topliss-reactive ketones (excluding diaryl/α,β-unsaturated/α-hetero) is 1. The van der Waals surface area contributed by atoms with Crippen molar-refractivity contribution in [2.75, 3.05) is 23.7 Å². The number of likely N-dealkylation sites (tertiary alicyclic amines) is 1. The fraction of sp³-hybridized carbons (Fsp3) is 0.455. The van der Waals surface area contributed by atoms with Crippen LogP contribution in [0.5, 0.6) is 0 Å². The number of nitrogens with zero attached hydrogens (tertiary/aromatic N) is 2. The second kappa shape index (κ2) is 8.18. The molecule has 0 radical (unpaired) electrons. The zero-order chi connectivity index (χ0) is 21.3. The summed E-state index contributed by atoms with van der Waals surface area (Å²) in [5.74, 6) is -0.348. The topological polar surface area (TPSA) is 91.4 Å². The number of thiazole rings is 1. The molecule has 0 bridgehead atoms. The first-order valence-electron chi connectivity index (χ1n) is 10.3. The van der Waals surface area contributed by atoms with Crippen LogP contribution in [0.25, 0.3) is 0 Å². The summed E-state index contributed by atoms with van der Waals surface area (Å²) in [6, 6.07) is 9.08. The van der Waals surface area contributed by atoms with E-state index in [1.54, 1.807) is 4.90 Å². The number of rotatable bonds is 3. The van der Waals surface area contributed by atoms with E-state index < -0.39 is 0 Å². The normalized spacial score (nSPS) is 20.4. The molecule has 2 heterocycles. The molecule has 0 saturated carbocycles. The van der Waals surface area contributed by atoms with Crippen LogP contribution in [-0.4, -0.2) is 40.7 Å². The van der Waals surface area contributed by atoms with E-state index in [4.69, 9.17) is 0 Å². The smallest absolute Gasteiger partial charge is 0.321 e. The number of urea groups is 1. The molecule has 158 valence electrons. The number of hydrogen-bond acceptors (Lipinski definition) is 5. The lowest BCUT2D eigenvalue weighted by molar-refractivity contribution is -0.121. The second-order valence-electron chi connectivity index (χ2n) is 8.81. The molecule has 1 saturated heterocycles. The predicted molar refractivity (Wildman–Crippen MR) is 117 cm³/mol. The number of piperidine rings is 1. The molecule has 1 aromatic heterocycles. The first kappa shape index (κ1) is 20.5. The van der Waals surface area contributed by atoms with E-state index in [0.717, 1.165) is 30.6 Å². The van der Waals surface area contributed by atoms with Gasteiger partial charge in [-0.3, -0.25) is 9.59 Å². The first-order chi connectivity index (χ1) is 14.3. The monoisotopic (exact) mass is 426 g/mol. The van der Waals surface area contributed by atoms with Gasteiger partial charge in [-0.15, -0.1) is 0 Å². The van der Waals surface area contributed by atoms with Crippen molar-refractivity contribution in [3.8, 4) is 0 Å². The van der Waals surface area contributed by atoms with Crippen molar-refractivity contribution in [3.05, 3.63) is 40.9 Å². The number of hydrogen-bond donors (Lipinski definition) is 2. The van der Waals surface area contributed by atoms with Crippen molar-refractivity contribution in [2.45, 2.75) is 39.5 Å². The van der Waals surface area contributed by atoms with E-state index in [2.05, 4.69) is 29.5 Å². The third-order valence-electron chi connectivity index (χ3n) is 5.57. The molecule has 7 nitrogen and oxygen atoms in total. The third kappa shape index (κ3) is 4.53. The molecule has 1 fully saturated rings. The van der Waals surface area contributed by atoms with Gasteiger partial charge in [0.1, 0.15) is 0 Å². The lowest BCUT2D eigenvalue weighted by atomic mass is 9.78. The van der Waals surface area contributed by atoms with Crippen LogP contribution in [0.4, 0.5) is 15.6 Å². The van der Waals surface area contributed by atoms with Crippen molar-refractivity contribution in [1.82, 2.24) is 9.88 Å². The average molecular weight is 427 g/mol. The number of nitrogens with one attached hydrogen (secondary N) is 2. The highest BCUT2D eigenvalue weighted by atomic mass is 32.1. The number of anilines is 2. The fourth-order valence-electron chi connectivity index (χ4n) is 4.08. The predicted octanol–water partition coefficient (Wildman–Crippen LogP) is 4.18. The molecule has 1 aliphatic heterocycles. The Bertz CT molecular complexity index is 970. The van der Waals surface area contributed by atoms with Gasteiger partial charge in [0.05, 0.1) is 16.5 Å². The van der Waals surface area contributed by atoms with Gasteiger partial charge in [-0.2, -0.15) is 0 Å². The van der Waals surface area contributed by atoms with Crippen molar-refractivity contribution >= 4 is 39.9 Å². The van der Waals surface area contributed by atoms with Gasteiger partial charge in [-0.1, -0.05) is 43.4 Å². The van der Waals surface area contributed by atoms with Gasteiger partial charge in [0.15, 0.2) is 10.9 Å². The molecular formula is C22H26N4O3S. The minimum Gasteiger partial charge on any atom is -0.324 e. The molecule has 8 heteroatoms. The fourth-order valence-corrected chi connectivity index (χ4v) is 5.00. The Balaban J connectivity index is 1.38. The van der Waals surface area contributed by atoms with Crippen molar-refractivity contribution < 1.29 is 14.4 Å². The van der Waals surface area contributed by atoms with E-state index in [-0.39, 0.29) is 29.1 Å². The van der Waals surface area contributed by atoms with E-state index in [9.17, 15) is 14.4 Å². The molecular weight excluding hydrogens is 400 g/mol. The van der Waals surface area contributed by atoms with Crippen LogP contribution in [0, 0.1) is 11.3 Å². The first-order valence-corrected chi connectivity index (χ1v) is 11.1. The van der Waals surface area contributed by atoms with E-state index in [1.807, 2.05) is 30.3 Å². The standard InChI is InChI=1S/C22H26N4O3S/c1-22(2)11-16-18(17(27)12-22)30-20(24-16)25-19(28)14-7-6-10-26(13-14)21(29)23-15-8-4-3-5-9-15/h3-5,8-9,14H,6-7,10-13H2,1-2H3,(H,23,29)(H,24,25,28)/t14-/m0/s1. The molecule has 1 aromatic carbocycles. The molecule has 0 unspecified atom stereocenters. The van der Waals surface area contributed by atoms with Crippen molar-refractivity contribution in [2.24, 2.45) is 11.3 Å². The Labute approximate surface area is 179 Å². The van der Waals surface area contributed by atoms with Crippen LogP contribution < -0.4 is 10.6 Å². The maximum Gasteiger partial charge on any atom is 0.321 e. The molecule has 2 N–H and O–H groups in total. The van der Waals surface area contributed by atoms with Crippen LogP contribution >= 0.6 is 11.3 Å². The molecule has 1 aliphatic carbocycles. The summed E-state index contributed by atoms with van der Waals surface area (Å²) < 4.78 is 0. The quantitative estimate of drug-likeness (QED) is 0.770. The Kier molecular flexibility index (Phi) is 5.60. The van der Waals surface area contributed by atoms with Gasteiger partial charge in [0.25, 0.3) is 0 Å². The van der Waals surface area contributed by atoms with Gasteiger partial charge in [-0.25, -0.2) is 9.78 Å². The number of carbonyl (C=O) groups is 3. The Morgan fingerprint density at radius 1 is 1.17 bits per heavy atom. The molecule has 0 spiro atoms. The zero-order valence-electron chi connectivity index (χ0n) is 17.2. The second-order valence-corrected chi connectivity index (χ2v) is 9.81. The van der Waals surface area contributed by atoms with Crippen molar-refractivity contribution in [1.29, 1.82) is 0 Å². The number of aromatic nitrogens is 1. The Hall–Kier alpha value is -2.74. The number of benzene rings is 1. The lowest BCUT2D eigenvalue weighted by Crippen LogP contribution is -2.45. The van der Waals surface area contributed by atoms with E-state index >= 15 is 0 Å².